The highest BCUT2D eigenvalue weighted by atomic mass is 16.5. The zero-order chi connectivity index (χ0) is 15.0. The Bertz CT molecular complexity index is 459. The summed E-state index contributed by atoms with van der Waals surface area (Å²) >= 11 is 0. The smallest absolute Gasteiger partial charge is 0.325 e. The first kappa shape index (κ1) is 16.0. The monoisotopic (exact) mass is 279 g/mol. The fourth-order valence-corrected chi connectivity index (χ4v) is 1.67. The molecule has 1 rings (SSSR count). The quantitative estimate of drug-likeness (QED) is 0.566. The lowest BCUT2D eigenvalue weighted by atomic mass is 10.2. The van der Waals surface area contributed by atoms with Crippen LogP contribution in [0, 0.1) is 0 Å². The van der Waals surface area contributed by atoms with Crippen LogP contribution in [-0.2, 0) is 9.53 Å². The average molecular weight is 279 g/mol. The van der Waals surface area contributed by atoms with Gasteiger partial charge in [0.1, 0.15) is 12.3 Å². The first-order chi connectivity index (χ1) is 9.60. The number of rotatable bonds is 7. The zero-order valence-electron chi connectivity index (χ0n) is 12.2. The summed E-state index contributed by atoms with van der Waals surface area (Å²) in [4.78, 5) is 25.1. The third-order valence-corrected chi connectivity index (χ3v) is 2.81. The lowest BCUT2D eigenvalue weighted by Gasteiger charge is -2.17. The van der Waals surface area contributed by atoms with Gasteiger partial charge in [-0.15, -0.1) is 0 Å². The Hall–Kier alpha value is -2.04. The van der Waals surface area contributed by atoms with Crippen molar-refractivity contribution in [3.05, 3.63) is 29.8 Å². The van der Waals surface area contributed by atoms with Crippen LogP contribution in [0.15, 0.2) is 24.3 Å². The minimum atomic E-state index is -0.399. The van der Waals surface area contributed by atoms with Crippen LogP contribution >= 0.6 is 0 Å². The molecule has 0 saturated carbocycles. The summed E-state index contributed by atoms with van der Waals surface area (Å²) < 4.78 is 10.2. The van der Waals surface area contributed by atoms with Crippen molar-refractivity contribution in [3.8, 4) is 5.75 Å². The van der Waals surface area contributed by atoms with Crippen LogP contribution in [0.4, 0.5) is 0 Å². The summed E-state index contributed by atoms with van der Waals surface area (Å²) in [6, 6.07) is 6.92. The van der Waals surface area contributed by atoms with E-state index >= 15 is 0 Å². The van der Waals surface area contributed by atoms with E-state index in [1.807, 2.05) is 6.92 Å². The Morgan fingerprint density at radius 1 is 1.25 bits per heavy atom. The van der Waals surface area contributed by atoms with Crippen molar-refractivity contribution < 1.29 is 19.1 Å². The molecule has 1 aromatic carbocycles. The number of unbranched alkanes of at least 4 members (excludes halogenated alkanes) is 1. The molecule has 0 fully saturated rings. The fourth-order valence-electron chi connectivity index (χ4n) is 1.67. The van der Waals surface area contributed by atoms with Crippen molar-refractivity contribution in [2.75, 3.05) is 27.3 Å². The summed E-state index contributed by atoms with van der Waals surface area (Å²) in [5, 5.41) is 0. The van der Waals surface area contributed by atoms with Crippen LogP contribution in [0.1, 0.15) is 30.1 Å². The van der Waals surface area contributed by atoms with E-state index < -0.39 is 5.97 Å². The molecule has 5 heteroatoms. The van der Waals surface area contributed by atoms with Gasteiger partial charge >= 0.3 is 5.97 Å². The molecule has 0 atom stereocenters. The molecular weight excluding hydrogens is 258 g/mol. The molecule has 20 heavy (non-hydrogen) atoms. The van der Waals surface area contributed by atoms with Gasteiger partial charge in [0.15, 0.2) is 0 Å². The topological polar surface area (TPSA) is 55.8 Å². The molecule has 0 unspecified atom stereocenters. The molecule has 0 spiro atoms. The molecule has 5 nitrogen and oxygen atoms in total. The molecule has 1 aromatic rings. The predicted octanol–water partition coefficient (Wildman–Crippen LogP) is 2.11. The standard InChI is InChI=1S/C15H21NO4/c1-4-5-10-20-14(17)11-16(2)15(18)12-8-6-7-9-13(12)19-3/h6-9H,4-5,10-11H2,1-3H3. The van der Waals surface area contributed by atoms with Crippen LogP contribution in [0.25, 0.3) is 0 Å². The van der Waals surface area contributed by atoms with Crippen LogP contribution in [0.3, 0.4) is 0 Å². The highest BCUT2D eigenvalue weighted by molar-refractivity contribution is 5.98. The maximum absolute atomic E-state index is 12.2. The van der Waals surface area contributed by atoms with E-state index in [0.29, 0.717) is 17.9 Å². The van der Waals surface area contributed by atoms with Crippen LogP contribution in [0.5, 0.6) is 5.75 Å². The molecule has 0 radical (unpaired) electrons. The lowest BCUT2D eigenvalue weighted by molar-refractivity contribution is -0.144. The second-order valence-electron chi connectivity index (χ2n) is 4.44. The Labute approximate surface area is 119 Å². The molecule has 0 N–H and O–H groups in total. The number of hydrogen-bond acceptors (Lipinski definition) is 4. The number of benzene rings is 1. The normalized spacial score (nSPS) is 9.95. The zero-order valence-corrected chi connectivity index (χ0v) is 12.2. The number of ether oxygens (including phenoxy) is 2. The predicted molar refractivity (Wildman–Crippen MR) is 75.8 cm³/mol. The number of nitrogens with zero attached hydrogens (tertiary/aromatic N) is 1. The van der Waals surface area contributed by atoms with Crippen molar-refractivity contribution in [1.82, 2.24) is 4.90 Å². The molecule has 0 aliphatic rings. The second kappa shape index (κ2) is 8.19. The number of hydrogen-bond donors (Lipinski definition) is 0. The summed E-state index contributed by atoms with van der Waals surface area (Å²) in [7, 11) is 3.07. The van der Waals surface area contributed by atoms with Crippen LogP contribution in [-0.4, -0.2) is 44.1 Å². The maximum Gasteiger partial charge on any atom is 0.325 e. The molecule has 0 aliphatic carbocycles. The molecule has 0 heterocycles. The van der Waals surface area contributed by atoms with Gasteiger partial charge in [-0.1, -0.05) is 25.5 Å². The van der Waals surface area contributed by atoms with Crippen molar-refractivity contribution >= 4 is 11.9 Å². The number of carbonyl (C=O) groups is 2. The number of amides is 1. The maximum atomic E-state index is 12.2. The number of carbonyl (C=O) groups excluding carboxylic acids is 2. The molecular formula is C15H21NO4. The number of esters is 1. The SMILES string of the molecule is CCCCOC(=O)CN(C)C(=O)c1ccccc1OC. The van der Waals surface area contributed by atoms with Crippen LogP contribution in [0.2, 0.25) is 0 Å². The summed E-state index contributed by atoms with van der Waals surface area (Å²) in [5.74, 6) is -0.178. The third-order valence-electron chi connectivity index (χ3n) is 2.81. The van der Waals surface area contributed by atoms with E-state index in [0.717, 1.165) is 12.8 Å². The van der Waals surface area contributed by atoms with E-state index in [1.165, 1.54) is 12.0 Å². The largest absolute Gasteiger partial charge is 0.496 e. The minimum absolute atomic E-state index is 0.0689. The number of para-hydroxylation sites is 1. The molecule has 0 saturated heterocycles. The van der Waals surface area contributed by atoms with Gasteiger partial charge in [0.25, 0.3) is 5.91 Å². The Morgan fingerprint density at radius 2 is 1.95 bits per heavy atom. The van der Waals surface area contributed by atoms with E-state index in [9.17, 15) is 9.59 Å². The molecule has 1 amide bonds. The first-order valence-corrected chi connectivity index (χ1v) is 6.64. The molecule has 110 valence electrons. The average Bonchev–Trinajstić information content (AvgIpc) is 2.46. The summed E-state index contributed by atoms with van der Waals surface area (Å²) in [6.07, 6.45) is 1.79. The highest BCUT2D eigenvalue weighted by Crippen LogP contribution is 2.18. The number of likely N-dealkylation sites (N-methyl/N-ethyl adjacent to an activating group) is 1. The number of methoxy groups -OCH3 is 1. The van der Waals surface area contributed by atoms with E-state index in [2.05, 4.69) is 0 Å². The van der Waals surface area contributed by atoms with Gasteiger partial charge in [0, 0.05) is 7.05 Å². The van der Waals surface area contributed by atoms with Gasteiger partial charge in [0.05, 0.1) is 19.3 Å². The Morgan fingerprint density at radius 3 is 2.60 bits per heavy atom. The van der Waals surface area contributed by atoms with E-state index in [4.69, 9.17) is 9.47 Å². The van der Waals surface area contributed by atoms with Crippen molar-refractivity contribution in [1.29, 1.82) is 0 Å². The van der Waals surface area contributed by atoms with Gasteiger partial charge in [-0.25, -0.2) is 0 Å². The van der Waals surface area contributed by atoms with Crippen molar-refractivity contribution in [3.63, 3.8) is 0 Å². The second-order valence-corrected chi connectivity index (χ2v) is 4.44. The van der Waals surface area contributed by atoms with Gasteiger partial charge in [-0.3, -0.25) is 9.59 Å². The summed E-state index contributed by atoms with van der Waals surface area (Å²) in [6.45, 7) is 2.35. The van der Waals surface area contributed by atoms with Gasteiger partial charge in [0.2, 0.25) is 0 Å². The molecule has 0 aromatic heterocycles. The van der Waals surface area contributed by atoms with Crippen molar-refractivity contribution in [2.45, 2.75) is 19.8 Å². The lowest BCUT2D eigenvalue weighted by Crippen LogP contribution is -2.33. The van der Waals surface area contributed by atoms with Crippen LogP contribution < -0.4 is 4.74 Å². The Balaban J connectivity index is 2.60. The first-order valence-electron chi connectivity index (χ1n) is 6.64. The van der Waals surface area contributed by atoms with E-state index in [-0.39, 0.29) is 12.5 Å². The van der Waals surface area contributed by atoms with Gasteiger partial charge < -0.3 is 14.4 Å². The fraction of sp³-hybridized carbons (Fsp3) is 0.467. The van der Waals surface area contributed by atoms with Gasteiger partial charge in [-0.2, -0.15) is 0 Å². The van der Waals surface area contributed by atoms with E-state index in [1.54, 1.807) is 31.3 Å². The molecule has 0 aliphatic heterocycles. The Kier molecular flexibility index (Phi) is 6.56. The van der Waals surface area contributed by atoms with Gasteiger partial charge in [-0.05, 0) is 18.6 Å². The summed E-state index contributed by atoms with van der Waals surface area (Å²) in [5.41, 5.74) is 0.429. The van der Waals surface area contributed by atoms with Crippen molar-refractivity contribution in [2.24, 2.45) is 0 Å². The highest BCUT2D eigenvalue weighted by Gasteiger charge is 2.18. The third kappa shape index (κ3) is 4.57. The molecule has 0 bridgehead atoms. The minimum Gasteiger partial charge on any atom is -0.496 e.